The van der Waals surface area contributed by atoms with Crippen molar-refractivity contribution in [1.29, 1.82) is 0 Å². The standard InChI is InChI=1S/C24H30N6O4S/c1-15(2)10-18-14-34-22-12-20(21-8-9-25-30(21)13-16(3)4)27-24(28-22)29-35(32,33)19-7-5-6-17(11-19)23(31)26-18/h5-9,11-12,15-16,18H,10,13-14H2,1-4H3,(H,26,31)(H,27,28,29)/t18-/m1/s1. The van der Waals surface area contributed by atoms with Crippen LogP contribution in [-0.4, -0.2) is 46.7 Å². The molecule has 2 aromatic heterocycles. The number of nitrogens with zero attached hydrogens (tertiary/aromatic N) is 4. The number of hydrogen-bond donors (Lipinski definition) is 2. The van der Waals surface area contributed by atoms with E-state index in [1.54, 1.807) is 18.3 Å². The summed E-state index contributed by atoms with van der Waals surface area (Å²) < 4.78 is 36.5. The third kappa shape index (κ3) is 5.97. The normalized spacial score (nSPS) is 17.5. The van der Waals surface area contributed by atoms with Crippen molar-refractivity contribution in [2.24, 2.45) is 11.8 Å². The van der Waals surface area contributed by atoms with Crippen LogP contribution in [0.4, 0.5) is 5.95 Å². The molecule has 1 atom stereocenters. The van der Waals surface area contributed by atoms with Crippen molar-refractivity contribution >= 4 is 21.9 Å². The quantitative estimate of drug-likeness (QED) is 0.552. The Bertz CT molecular complexity index is 1320. The fourth-order valence-corrected chi connectivity index (χ4v) is 4.88. The number of ether oxygens (including phenoxy) is 1. The Balaban J connectivity index is 1.81. The Morgan fingerprint density at radius 1 is 1.11 bits per heavy atom. The molecule has 11 heteroatoms. The number of carbonyl (C=O) groups excluding carboxylic acids is 1. The number of rotatable bonds is 5. The number of aromatic nitrogens is 4. The van der Waals surface area contributed by atoms with E-state index in [0.29, 0.717) is 36.2 Å². The van der Waals surface area contributed by atoms with Gasteiger partial charge >= 0.3 is 0 Å². The molecule has 1 aliphatic heterocycles. The lowest BCUT2D eigenvalue weighted by Gasteiger charge is -2.21. The van der Waals surface area contributed by atoms with Crippen LogP contribution in [0, 0.1) is 11.8 Å². The molecule has 35 heavy (non-hydrogen) atoms. The second kappa shape index (κ2) is 10.0. The van der Waals surface area contributed by atoms with E-state index in [-0.39, 0.29) is 40.8 Å². The number of sulfonamides is 1. The minimum atomic E-state index is -4.06. The van der Waals surface area contributed by atoms with E-state index in [9.17, 15) is 13.2 Å². The van der Waals surface area contributed by atoms with Crippen molar-refractivity contribution in [3.63, 3.8) is 0 Å². The van der Waals surface area contributed by atoms with Crippen molar-refractivity contribution in [1.82, 2.24) is 25.1 Å². The molecule has 4 bridgehead atoms. The Labute approximate surface area is 205 Å². The molecule has 0 spiro atoms. The molecule has 4 rings (SSSR count). The lowest BCUT2D eigenvalue weighted by Crippen LogP contribution is -2.40. The number of anilines is 1. The van der Waals surface area contributed by atoms with Crippen molar-refractivity contribution in [2.45, 2.75) is 51.6 Å². The molecule has 0 aliphatic carbocycles. The summed E-state index contributed by atoms with van der Waals surface area (Å²) in [4.78, 5) is 21.6. The summed E-state index contributed by atoms with van der Waals surface area (Å²) in [6.07, 6.45) is 2.35. The third-order valence-electron chi connectivity index (χ3n) is 5.38. The van der Waals surface area contributed by atoms with E-state index in [2.05, 4.69) is 52.8 Å². The average molecular weight is 499 g/mol. The van der Waals surface area contributed by atoms with Crippen molar-refractivity contribution in [2.75, 3.05) is 11.3 Å². The second-order valence-electron chi connectivity index (χ2n) is 9.45. The van der Waals surface area contributed by atoms with Crippen LogP contribution >= 0.6 is 0 Å². The summed E-state index contributed by atoms with van der Waals surface area (Å²) in [6.45, 7) is 9.11. The monoisotopic (exact) mass is 498 g/mol. The van der Waals surface area contributed by atoms with Gasteiger partial charge in [0.25, 0.3) is 15.9 Å². The van der Waals surface area contributed by atoms with Gasteiger partial charge in [-0.3, -0.25) is 9.48 Å². The first-order valence-corrected chi connectivity index (χ1v) is 13.1. The van der Waals surface area contributed by atoms with E-state index >= 15 is 0 Å². The molecule has 10 nitrogen and oxygen atoms in total. The maximum Gasteiger partial charge on any atom is 0.264 e. The van der Waals surface area contributed by atoms with Gasteiger partial charge in [0.2, 0.25) is 11.8 Å². The number of hydrogen-bond acceptors (Lipinski definition) is 7. The molecule has 1 amide bonds. The summed E-state index contributed by atoms with van der Waals surface area (Å²) in [5, 5.41) is 7.35. The Hall–Kier alpha value is -3.47. The third-order valence-corrected chi connectivity index (χ3v) is 6.70. The molecular weight excluding hydrogens is 468 g/mol. The number of benzene rings is 1. The SMILES string of the molecule is CC(C)C[C@@H]1COc2cc(-c3ccnn3CC(C)C)nc(n2)NS(=O)(=O)c2cccc(c2)C(=O)N1. The van der Waals surface area contributed by atoms with Crippen LogP contribution in [-0.2, 0) is 16.6 Å². The minimum absolute atomic E-state index is 0.0638. The number of fused-ring (bicyclic) bond motifs is 4. The molecule has 0 saturated carbocycles. The predicted octanol–water partition coefficient (Wildman–Crippen LogP) is 3.33. The fourth-order valence-electron chi connectivity index (χ4n) is 3.89. The molecule has 3 heterocycles. The van der Waals surface area contributed by atoms with Gasteiger partial charge in [-0.15, -0.1) is 0 Å². The highest BCUT2D eigenvalue weighted by molar-refractivity contribution is 7.92. The molecule has 186 valence electrons. The highest BCUT2D eigenvalue weighted by atomic mass is 32.2. The molecule has 2 N–H and O–H groups in total. The second-order valence-corrected chi connectivity index (χ2v) is 11.1. The minimum Gasteiger partial charge on any atom is -0.475 e. The molecule has 3 aromatic rings. The topological polar surface area (TPSA) is 128 Å². The lowest BCUT2D eigenvalue weighted by molar-refractivity contribution is 0.0913. The van der Waals surface area contributed by atoms with E-state index in [4.69, 9.17) is 4.74 Å². The molecule has 0 radical (unpaired) electrons. The van der Waals surface area contributed by atoms with Gasteiger partial charge in [0.15, 0.2) is 0 Å². The summed E-state index contributed by atoms with van der Waals surface area (Å²) in [5.74, 6) is 0.345. The summed E-state index contributed by atoms with van der Waals surface area (Å²) in [7, 11) is -4.06. The van der Waals surface area contributed by atoms with Crippen LogP contribution in [0.25, 0.3) is 11.4 Å². The summed E-state index contributed by atoms with van der Waals surface area (Å²) in [5.41, 5.74) is 1.43. The highest BCUT2D eigenvalue weighted by Gasteiger charge is 2.23. The summed E-state index contributed by atoms with van der Waals surface area (Å²) in [6, 6.07) is 9.03. The number of carbonyl (C=O) groups is 1. The van der Waals surface area contributed by atoms with Gasteiger partial charge in [-0.1, -0.05) is 33.8 Å². The first kappa shape index (κ1) is 24.6. The predicted molar refractivity (Wildman–Crippen MR) is 132 cm³/mol. The van der Waals surface area contributed by atoms with E-state index in [1.165, 1.54) is 18.2 Å². The van der Waals surface area contributed by atoms with Gasteiger partial charge in [0.1, 0.15) is 6.61 Å². The lowest BCUT2D eigenvalue weighted by atomic mass is 10.0. The zero-order valence-electron chi connectivity index (χ0n) is 20.2. The van der Waals surface area contributed by atoms with Crippen LogP contribution < -0.4 is 14.8 Å². The van der Waals surface area contributed by atoms with Crippen LogP contribution in [0.15, 0.2) is 47.5 Å². The van der Waals surface area contributed by atoms with Crippen LogP contribution in [0.3, 0.4) is 0 Å². The molecule has 0 fully saturated rings. The first-order chi connectivity index (χ1) is 16.6. The van der Waals surface area contributed by atoms with Crippen molar-refractivity contribution in [3.05, 3.63) is 48.2 Å². The van der Waals surface area contributed by atoms with Gasteiger partial charge < -0.3 is 10.1 Å². The van der Waals surface area contributed by atoms with Gasteiger partial charge in [0.05, 0.1) is 22.3 Å². The van der Waals surface area contributed by atoms with E-state index < -0.39 is 10.0 Å². The zero-order chi connectivity index (χ0) is 25.2. The van der Waals surface area contributed by atoms with Gasteiger partial charge in [-0.2, -0.15) is 10.1 Å². The van der Waals surface area contributed by atoms with E-state index in [0.717, 1.165) is 0 Å². The fraction of sp³-hybridized carbons (Fsp3) is 0.417. The molecule has 1 aromatic carbocycles. The van der Waals surface area contributed by atoms with Crippen molar-refractivity contribution < 1.29 is 17.9 Å². The van der Waals surface area contributed by atoms with Gasteiger partial charge in [-0.25, -0.2) is 18.1 Å². The molecule has 1 aliphatic rings. The zero-order valence-corrected chi connectivity index (χ0v) is 21.0. The highest BCUT2D eigenvalue weighted by Crippen LogP contribution is 2.25. The summed E-state index contributed by atoms with van der Waals surface area (Å²) >= 11 is 0. The maximum absolute atomic E-state index is 13.1. The Morgan fingerprint density at radius 2 is 1.91 bits per heavy atom. The van der Waals surface area contributed by atoms with E-state index in [1.807, 2.05) is 10.7 Å². The van der Waals surface area contributed by atoms with Crippen LogP contribution in [0.5, 0.6) is 5.88 Å². The average Bonchev–Trinajstić information content (AvgIpc) is 3.23. The Morgan fingerprint density at radius 3 is 2.66 bits per heavy atom. The largest absolute Gasteiger partial charge is 0.475 e. The molecular formula is C24H30N6O4S. The van der Waals surface area contributed by atoms with Crippen molar-refractivity contribution in [3.8, 4) is 17.3 Å². The van der Waals surface area contributed by atoms with Gasteiger partial charge in [0, 0.05) is 24.4 Å². The smallest absolute Gasteiger partial charge is 0.264 e. The number of nitrogens with one attached hydrogen (secondary N) is 2. The first-order valence-electron chi connectivity index (χ1n) is 11.6. The van der Waals surface area contributed by atoms with Crippen LogP contribution in [0.1, 0.15) is 44.5 Å². The van der Waals surface area contributed by atoms with Gasteiger partial charge in [-0.05, 0) is 42.5 Å². The molecule has 0 saturated heterocycles. The number of amides is 1. The Kier molecular flexibility index (Phi) is 7.06. The van der Waals surface area contributed by atoms with Crippen LogP contribution in [0.2, 0.25) is 0 Å². The maximum atomic E-state index is 13.1. The molecule has 0 unspecified atom stereocenters.